The summed E-state index contributed by atoms with van der Waals surface area (Å²) >= 11 is 0. The minimum atomic E-state index is 0.850. The largest absolute Gasteiger partial charge is 0.311 e. The van der Waals surface area contributed by atoms with Gasteiger partial charge in [0.15, 0.2) is 0 Å². The van der Waals surface area contributed by atoms with Crippen molar-refractivity contribution < 1.29 is 0 Å². The number of benzene rings is 22. The van der Waals surface area contributed by atoms with E-state index >= 15 is 0 Å². The van der Waals surface area contributed by atoms with Gasteiger partial charge in [0, 0.05) is 159 Å². The topological polar surface area (TPSA) is 50.6 Å². The third kappa shape index (κ3) is 21.2. The first kappa shape index (κ1) is 91.0. The van der Waals surface area contributed by atoms with E-state index in [1.807, 2.05) is 72.8 Å². The van der Waals surface area contributed by atoms with E-state index in [1.54, 1.807) is 0 Å². The SMILES string of the molecule is c1ccc(N=C(c2ccc(N(c3ccc(N(c4ccccc4)c4ccccc4)cc3)c3ccc(N(c4ccccc4)c4ccccc4)cc3)cc2)c2ccc(N(c3ccc(N(c4ccccc4)c4ccccc4)cc3)c3ccc(N(c4ccccc4)c4ccccc4)cc3)cc2)cc1.c1ccc(N=C(c2ccc(N(c3ccccc3)c3ccccc3)cc2)c2ccc(N(c3ccccc3)c3ccccc3)cc2)cc1. The number of anilines is 24. The molecule has 22 aromatic carbocycles. The summed E-state index contributed by atoms with van der Waals surface area (Å²) in [4.78, 5) is 29.0. The molecule has 0 amide bonds. The molecule has 0 aliphatic heterocycles. The van der Waals surface area contributed by atoms with Gasteiger partial charge in [-0.25, -0.2) is 9.98 Å². The monoisotopic (exact) mass is 1850 g/mol. The molecule has 22 rings (SSSR count). The molecule has 144 heavy (non-hydrogen) atoms. The van der Waals surface area contributed by atoms with Gasteiger partial charge >= 0.3 is 0 Å². The van der Waals surface area contributed by atoms with Gasteiger partial charge in [-0.3, -0.25) is 0 Å². The molecule has 10 nitrogen and oxygen atoms in total. The van der Waals surface area contributed by atoms with Crippen LogP contribution in [-0.4, -0.2) is 11.4 Å². The Morgan fingerprint density at radius 3 is 0.278 bits per heavy atom. The van der Waals surface area contributed by atoms with Crippen LogP contribution in [0, 0.1) is 0 Å². The number of rotatable bonds is 30. The molecule has 0 spiro atoms. The molecule has 0 aliphatic carbocycles. The van der Waals surface area contributed by atoms with Crippen molar-refractivity contribution in [2.24, 2.45) is 9.98 Å². The lowest BCUT2D eigenvalue weighted by Crippen LogP contribution is -2.13. The van der Waals surface area contributed by atoms with Gasteiger partial charge in [0.05, 0.1) is 22.8 Å². The first-order valence-electron chi connectivity index (χ1n) is 48.6. The van der Waals surface area contributed by atoms with E-state index in [1.165, 1.54) is 0 Å². The Morgan fingerprint density at radius 1 is 0.0903 bits per heavy atom. The quantitative estimate of drug-likeness (QED) is 0.0413. The van der Waals surface area contributed by atoms with Crippen molar-refractivity contribution >= 4 is 159 Å². The summed E-state index contributed by atoms with van der Waals surface area (Å²) in [5, 5.41) is 0. The predicted molar refractivity (Wildman–Crippen MR) is 607 cm³/mol. The van der Waals surface area contributed by atoms with Crippen LogP contribution in [0.2, 0.25) is 0 Å². The normalized spacial score (nSPS) is 10.8. The van der Waals surface area contributed by atoms with E-state index in [9.17, 15) is 0 Å². The second-order valence-corrected chi connectivity index (χ2v) is 34.6. The second-order valence-electron chi connectivity index (χ2n) is 34.6. The minimum absolute atomic E-state index is 0.850. The molecule has 0 radical (unpaired) electrons. The third-order valence-electron chi connectivity index (χ3n) is 25.2. The van der Waals surface area contributed by atoms with E-state index in [2.05, 4.69) is 585 Å². The van der Waals surface area contributed by atoms with Crippen LogP contribution < -0.4 is 39.2 Å². The Bertz CT molecular complexity index is 6930. The summed E-state index contributed by atoms with van der Waals surface area (Å²) in [6.45, 7) is 0. The highest BCUT2D eigenvalue weighted by Crippen LogP contribution is 2.47. The molecule has 0 N–H and O–H groups in total. The van der Waals surface area contributed by atoms with Crippen molar-refractivity contribution in [2.75, 3.05) is 39.2 Å². The minimum Gasteiger partial charge on any atom is -0.311 e. The molecule has 0 fully saturated rings. The van der Waals surface area contributed by atoms with Crippen molar-refractivity contribution in [3.05, 3.63) is 641 Å². The van der Waals surface area contributed by atoms with Gasteiger partial charge in [-0.2, -0.15) is 0 Å². The number of hydrogen-bond donors (Lipinski definition) is 0. The van der Waals surface area contributed by atoms with Gasteiger partial charge in [-0.15, -0.1) is 0 Å². The van der Waals surface area contributed by atoms with Crippen molar-refractivity contribution in [1.29, 1.82) is 0 Å². The molecule has 0 saturated heterocycles. The summed E-state index contributed by atoms with van der Waals surface area (Å²) in [6, 6.07) is 217. The van der Waals surface area contributed by atoms with Crippen LogP contribution in [0.25, 0.3) is 0 Å². The molecule has 0 saturated carbocycles. The number of para-hydroxylation sites is 14. The van der Waals surface area contributed by atoms with Gasteiger partial charge in [-0.1, -0.05) is 303 Å². The summed E-state index contributed by atoms with van der Waals surface area (Å²) in [6.07, 6.45) is 0. The van der Waals surface area contributed by atoms with Crippen LogP contribution in [0.5, 0.6) is 0 Å². The molecule has 0 unspecified atom stereocenters. The van der Waals surface area contributed by atoms with Crippen molar-refractivity contribution in [2.45, 2.75) is 0 Å². The summed E-state index contributed by atoms with van der Waals surface area (Å²) < 4.78 is 0. The Morgan fingerprint density at radius 2 is 0.174 bits per heavy atom. The molecule has 0 bridgehead atoms. The fourth-order valence-corrected chi connectivity index (χ4v) is 18.4. The highest BCUT2D eigenvalue weighted by Gasteiger charge is 2.25. The van der Waals surface area contributed by atoms with Gasteiger partial charge < -0.3 is 39.2 Å². The first-order valence-corrected chi connectivity index (χ1v) is 48.6. The van der Waals surface area contributed by atoms with Gasteiger partial charge in [0.1, 0.15) is 0 Å². The lowest BCUT2D eigenvalue weighted by molar-refractivity contribution is 1.24. The molecule has 0 heterocycles. The standard InChI is InChI=1S/C91H69N7.C43H33N3/c1-10-28-72(29-11-1)92-91(70-46-50-81(51-47-70)97(87-62-54-83(55-63-87)93(73-30-12-2-13-31-73)74-32-14-3-15-33-74)88-64-56-84(57-65-88)94(75-34-16-4-17-35-75)76-36-18-5-19-37-76)71-48-52-82(53-49-71)98(89-66-58-85(59-67-89)95(77-38-20-6-21-39-77)78-40-22-7-23-41-78)90-68-60-86(61-69-90)96(79-42-24-8-25-43-79)80-44-26-9-27-45-80;1-6-16-36(17-7-1)44-43(34-26-30-41(31-27-34)45(37-18-8-2-9-19-37)38-20-10-3-11-21-38)35-28-32-42(33-29-35)46(39-22-12-4-13-23-39)40-24-14-5-15-25-40/h1-69H;1-33H. The van der Waals surface area contributed by atoms with Crippen molar-refractivity contribution in [1.82, 2.24) is 0 Å². The van der Waals surface area contributed by atoms with Crippen molar-refractivity contribution in [3.8, 4) is 0 Å². The molecule has 0 aromatic heterocycles. The molecule has 22 aromatic rings. The van der Waals surface area contributed by atoms with E-state index in [0.29, 0.717) is 0 Å². The molecule has 0 aliphatic rings. The number of nitrogens with zero attached hydrogens (tertiary/aromatic N) is 10. The van der Waals surface area contributed by atoms with Crippen LogP contribution in [0.15, 0.2) is 629 Å². The Labute approximate surface area is 843 Å². The molecule has 10 heteroatoms. The fourth-order valence-electron chi connectivity index (χ4n) is 18.4. The van der Waals surface area contributed by atoms with E-state index in [-0.39, 0.29) is 0 Å². The molecule has 0 atom stereocenters. The van der Waals surface area contributed by atoms with Gasteiger partial charge in [0.25, 0.3) is 0 Å². The maximum atomic E-state index is 5.46. The second kappa shape index (κ2) is 44.4. The first-order chi connectivity index (χ1) is 71.5. The zero-order valence-electron chi connectivity index (χ0n) is 79.4. The zero-order valence-corrected chi connectivity index (χ0v) is 79.4. The Hall–Kier alpha value is -19.4. The fraction of sp³-hybridized carbons (Fsp3) is 0. The maximum absolute atomic E-state index is 5.46. The number of hydrogen-bond acceptors (Lipinski definition) is 10. The maximum Gasteiger partial charge on any atom is 0.0781 e. The van der Waals surface area contributed by atoms with Gasteiger partial charge in [-0.05, 0) is 315 Å². The van der Waals surface area contributed by atoms with Crippen LogP contribution in [0.3, 0.4) is 0 Å². The van der Waals surface area contributed by atoms with Crippen molar-refractivity contribution in [3.63, 3.8) is 0 Å². The van der Waals surface area contributed by atoms with Crippen LogP contribution in [0.1, 0.15) is 22.3 Å². The van der Waals surface area contributed by atoms with Crippen LogP contribution >= 0.6 is 0 Å². The molecular formula is C134H102N10. The molecular weight excluding hydrogens is 1750 g/mol. The summed E-state index contributed by atoms with van der Waals surface area (Å²) in [7, 11) is 0. The third-order valence-corrected chi connectivity index (χ3v) is 25.2. The van der Waals surface area contributed by atoms with E-state index in [0.717, 1.165) is 182 Å². The molecule has 688 valence electrons. The summed E-state index contributed by atoms with van der Waals surface area (Å²) in [5.74, 6) is 0. The van der Waals surface area contributed by atoms with Crippen LogP contribution in [-0.2, 0) is 0 Å². The Balaban J connectivity index is 0.000000221. The lowest BCUT2D eigenvalue weighted by atomic mass is 10.0. The average molecular weight is 1850 g/mol. The van der Waals surface area contributed by atoms with Gasteiger partial charge in [0.2, 0.25) is 0 Å². The summed E-state index contributed by atoms with van der Waals surface area (Å²) in [5.41, 5.74) is 33.0. The highest BCUT2D eigenvalue weighted by molar-refractivity contribution is 6.15. The average Bonchev–Trinajstić information content (AvgIpc) is 0.777. The predicted octanol–water partition coefficient (Wildman–Crippen LogP) is 37.5. The van der Waals surface area contributed by atoms with E-state index in [4.69, 9.17) is 9.98 Å². The number of aliphatic imine (C=N–C) groups is 2. The lowest BCUT2D eigenvalue weighted by Gasteiger charge is -2.29. The van der Waals surface area contributed by atoms with E-state index < -0.39 is 0 Å². The smallest absolute Gasteiger partial charge is 0.0781 e. The Kier molecular flexibility index (Phi) is 28.0. The highest BCUT2D eigenvalue weighted by atomic mass is 15.2. The zero-order chi connectivity index (χ0) is 96.6. The van der Waals surface area contributed by atoms with Crippen LogP contribution in [0.4, 0.5) is 148 Å².